The lowest BCUT2D eigenvalue weighted by molar-refractivity contribution is -0.145. The highest BCUT2D eigenvalue weighted by molar-refractivity contribution is 7.09. The molecule has 3 heterocycles. The molecule has 0 radical (unpaired) electrons. The number of rotatable bonds is 6. The van der Waals surface area contributed by atoms with Gasteiger partial charge in [0.15, 0.2) is 0 Å². The number of hydrogen-bond acceptors (Lipinski definition) is 7. The van der Waals surface area contributed by atoms with Gasteiger partial charge in [-0.2, -0.15) is 18.2 Å². The van der Waals surface area contributed by atoms with Gasteiger partial charge in [-0.25, -0.2) is 14.5 Å². The molecule has 0 saturated heterocycles. The molecule has 0 aliphatic rings. The molecule has 11 heteroatoms. The maximum atomic E-state index is 12.8. The lowest BCUT2D eigenvalue weighted by atomic mass is 10.1. The van der Waals surface area contributed by atoms with Crippen LogP contribution in [0.4, 0.5) is 13.2 Å². The van der Waals surface area contributed by atoms with E-state index in [0.29, 0.717) is 22.6 Å². The van der Waals surface area contributed by atoms with Crippen LogP contribution in [0.15, 0.2) is 5.38 Å². The van der Waals surface area contributed by atoms with Crippen molar-refractivity contribution in [2.24, 2.45) is 0 Å². The molecule has 3 aromatic heterocycles. The summed E-state index contributed by atoms with van der Waals surface area (Å²) in [5.74, 6) is -1.78. The molecule has 0 aromatic carbocycles. The molecule has 3 rings (SSSR count). The third-order valence-electron chi connectivity index (χ3n) is 4.16. The molecule has 3 aromatic rings. The van der Waals surface area contributed by atoms with Crippen LogP contribution in [0.2, 0.25) is 0 Å². The third-order valence-corrected chi connectivity index (χ3v) is 5.21. The smallest absolute Gasteiger partial charge is 0.453 e. The van der Waals surface area contributed by atoms with Crippen LogP contribution >= 0.6 is 11.3 Å². The molecule has 0 aliphatic heterocycles. The van der Waals surface area contributed by atoms with Crippen LogP contribution in [-0.4, -0.2) is 30.5 Å². The minimum Gasteiger partial charge on any atom is -0.459 e. The van der Waals surface area contributed by atoms with Crippen molar-refractivity contribution in [1.82, 2.24) is 24.6 Å². The van der Waals surface area contributed by atoms with E-state index >= 15 is 0 Å². The van der Waals surface area contributed by atoms with Crippen LogP contribution < -0.4 is 0 Å². The van der Waals surface area contributed by atoms with E-state index < -0.39 is 18.0 Å². The first-order valence-electron chi connectivity index (χ1n) is 8.58. The predicted molar refractivity (Wildman–Crippen MR) is 94.9 cm³/mol. The topological polar surface area (TPSA) is 82.3 Å². The van der Waals surface area contributed by atoms with Crippen molar-refractivity contribution in [3.05, 3.63) is 38.9 Å². The van der Waals surface area contributed by atoms with E-state index in [1.54, 1.807) is 13.8 Å². The monoisotopic (exact) mass is 413 g/mol. The van der Waals surface area contributed by atoms with E-state index in [4.69, 9.17) is 4.74 Å². The molecule has 0 unspecified atom stereocenters. The number of carbonyl (C=O) groups excluding carboxylic acids is 1. The number of aromatic nitrogens is 5. The van der Waals surface area contributed by atoms with Crippen LogP contribution in [0.3, 0.4) is 0 Å². The van der Waals surface area contributed by atoms with Crippen LogP contribution in [0.1, 0.15) is 46.8 Å². The fourth-order valence-electron chi connectivity index (χ4n) is 2.72. The number of halogens is 3. The largest absolute Gasteiger partial charge is 0.459 e. The molecule has 0 fully saturated rings. The van der Waals surface area contributed by atoms with Crippen molar-refractivity contribution in [1.29, 1.82) is 0 Å². The highest BCUT2D eigenvalue weighted by Gasteiger charge is 2.36. The number of alkyl halides is 3. The van der Waals surface area contributed by atoms with E-state index in [1.165, 1.54) is 11.3 Å². The molecule has 0 amide bonds. The zero-order valence-electron chi connectivity index (χ0n) is 15.5. The second kappa shape index (κ2) is 7.82. The first-order valence-corrected chi connectivity index (χ1v) is 9.46. The maximum absolute atomic E-state index is 12.8. The van der Waals surface area contributed by atoms with E-state index in [9.17, 15) is 18.0 Å². The average Bonchev–Trinajstić information content (AvgIpc) is 3.26. The Hall–Kier alpha value is -2.56. The lowest BCUT2D eigenvalue weighted by Gasteiger charge is -2.10. The first kappa shape index (κ1) is 20.2. The number of ether oxygens (including phenoxy) is 1. The average molecular weight is 413 g/mol. The zero-order valence-corrected chi connectivity index (χ0v) is 16.3. The van der Waals surface area contributed by atoms with Gasteiger partial charge in [-0.3, -0.25) is 4.79 Å². The van der Waals surface area contributed by atoms with E-state index in [-0.39, 0.29) is 25.2 Å². The Morgan fingerprint density at radius 1 is 1.25 bits per heavy atom. The van der Waals surface area contributed by atoms with Crippen molar-refractivity contribution in [2.45, 2.75) is 52.8 Å². The van der Waals surface area contributed by atoms with Gasteiger partial charge in [0.1, 0.15) is 6.61 Å². The van der Waals surface area contributed by atoms with Gasteiger partial charge in [-0.1, -0.05) is 6.92 Å². The minimum absolute atomic E-state index is 0.0699. The molecule has 0 N–H and O–H groups in total. The fourth-order valence-corrected chi connectivity index (χ4v) is 3.45. The SMILES string of the molecule is CCc1nc(COC(=O)CCc2c(C)nc3nc(C(F)(F)F)nn3c2C)cs1. The molecule has 28 heavy (non-hydrogen) atoms. The number of fused-ring (bicyclic) bond motifs is 1. The highest BCUT2D eigenvalue weighted by Crippen LogP contribution is 2.27. The van der Waals surface area contributed by atoms with Crippen molar-refractivity contribution < 1.29 is 22.7 Å². The number of hydrogen-bond donors (Lipinski definition) is 0. The van der Waals surface area contributed by atoms with Gasteiger partial charge >= 0.3 is 12.1 Å². The van der Waals surface area contributed by atoms with Crippen molar-refractivity contribution >= 4 is 23.1 Å². The standard InChI is InChI=1S/C17H18F3N5O2S/c1-4-13-22-11(8-28-13)7-27-14(26)6-5-12-9(2)21-16-23-15(17(18,19)20)24-25(16)10(12)3/h8H,4-7H2,1-3H3. The normalized spacial score (nSPS) is 11.9. The molecule has 0 saturated carbocycles. The summed E-state index contributed by atoms with van der Waals surface area (Å²) in [6.45, 7) is 5.38. The summed E-state index contributed by atoms with van der Waals surface area (Å²) in [7, 11) is 0. The fraction of sp³-hybridized carbons (Fsp3) is 0.471. The maximum Gasteiger partial charge on any atom is 0.453 e. The summed E-state index contributed by atoms with van der Waals surface area (Å²) in [4.78, 5) is 23.9. The molecule has 0 aliphatic carbocycles. The molecule has 0 spiro atoms. The lowest BCUT2D eigenvalue weighted by Crippen LogP contribution is -2.11. The Balaban J connectivity index is 1.68. The molecule has 7 nitrogen and oxygen atoms in total. The highest BCUT2D eigenvalue weighted by atomic mass is 32.1. The van der Waals surface area contributed by atoms with Crippen molar-refractivity contribution in [3.8, 4) is 0 Å². The molecular weight excluding hydrogens is 395 g/mol. The minimum atomic E-state index is -4.65. The summed E-state index contributed by atoms with van der Waals surface area (Å²) in [5.41, 5.74) is 2.31. The van der Waals surface area contributed by atoms with Crippen LogP contribution in [0.25, 0.3) is 5.78 Å². The molecule has 0 atom stereocenters. The van der Waals surface area contributed by atoms with Gasteiger partial charge in [0.2, 0.25) is 0 Å². The Bertz CT molecular complexity index is 1010. The van der Waals surface area contributed by atoms with Crippen LogP contribution in [-0.2, 0) is 35.2 Å². The predicted octanol–water partition coefficient (Wildman–Crippen LogP) is 3.45. The molecular formula is C17H18F3N5O2S. The Kier molecular flexibility index (Phi) is 5.64. The summed E-state index contributed by atoms with van der Waals surface area (Å²) in [5, 5.41) is 6.32. The van der Waals surface area contributed by atoms with Gasteiger partial charge in [0.25, 0.3) is 11.6 Å². The summed E-state index contributed by atoms with van der Waals surface area (Å²) in [6.07, 6.45) is -3.48. The number of aryl methyl sites for hydroxylation is 3. The van der Waals surface area contributed by atoms with E-state index in [1.807, 2.05) is 12.3 Å². The third kappa shape index (κ3) is 4.29. The molecule has 0 bridgehead atoms. The molecule has 150 valence electrons. The second-order valence-corrected chi connectivity index (χ2v) is 7.10. The van der Waals surface area contributed by atoms with Gasteiger partial charge in [-0.15, -0.1) is 16.4 Å². The summed E-state index contributed by atoms with van der Waals surface area (Å²) in [6, 6.07) is 0. The second-order valence-electron chi connectivity index (χ2n) is 6.15. The van der Waals surface area contributed by atoms with Crippen LogP contribution in [0, 0.1) is 13.8 Å². The van der Waals surface area contributed by atoms with Crippen molar-refractivity contribution in [3.63, 3.8) is 0 Å². The van der Waals surface area contributed by atoms with E-state index in [2.05, 4.69) is 20.1 Å². The van der Waals surface area contributed by atoms with Crippen LogP contribution in [0.5, 0.6) is 0 Å². The zero-order chi connectivity index (χ0) is 20.5. The van der Waals surface area contributed by atoms with E-state index in [0.717, 1.165) is 15.9 Å². The summed E-state index contributed by atoms with van der Waals surface area (Å²) < 4.78 is 44.8. The van der Waals surface area contributed by atoms with Crippen molar-refractivity contribution in [2.75, 3.05) is 0 Å². The summed E-state index contributed by atoms with van der Waals surface area (Å²) >= 11 is 1.51. The van der Waals surface area contributed by atoms with Gasteiger partial charge < -0.3 is 4.74 Å². The quantitative estimate of drug-likeness (QED) is 0.576. The Morgan fingerprint density at radius 3 is 2.64 bits per heavy atom. The number of esters is 1. The Morgan fingerprint density at radius 2 is 2.00 bits per heavy atom. The van der Waals surface area contributed by atoms with Gasteiger partial charge in [0.05, 0.1) is 10.7 Å². The van der Waals surface area contributed by atoms with Gasteiger partial charge in [0, 0.05) is 23.2 Å². The Labute approximate surface area is 162 Å². The number of carbonyl (C=O) groups is 1. The number of thiazole rings is 1. The number of nitrogens with zero attached hydrogens (tertiary/aromatic N) is 5. The van der Waals surface area contributed by atoms with Gasteiger partial charge in [-0.05, 0) is 32.3 Å². The first-order chi connectivity index (χ1) is 13.2.